The fraction of sp³-hybridized carbons (Fsp3) is 0.222. The predicted octanol–water partition coefficient (Wildman–Crippen LogP) is 4.09. The van der Waals surface area contributed by atoms with E-state index in [0.29, 0.717) is 28.9 Å². The Morgan fingerprint density at radius 3 is 3.00 bits per heavy atom. The molecule has 9 heteroatoms. The first kappa shape index (κ1) is 17.7. The van der Waals surface area contributed by atoms with Crippen molar-refractivity contribution in [1.29, 1.82) is 0 Å². The summed E-state index contributed by atoms with van der Waals surface area (Å²) >= 11 is 7.33. The van der Waals surface area contributed by atoms with E-state index in [1.165, 1.54) is 17.7 Å². The fourth-order valence-electron chi connectivity index (χ4n) is 2.87. The Balaban J connectivity index is 1.64. The van der Waals surface area contributed by atoms with Crippen LogP contribution < -0.4 is 5.32 Å². The third kappa shape index (κ3) is 3.33. The van der Waals surface area contributed by atoms with E-state index in [4.69, 9.17) is 16.3 Å². The van der Waals surface area contributed by atoms with E-state index < -0.39 is 0 Å². The average Bonchev–Trinajstić information content (AvgIpc) is 3.21. The highest BCUT2D eigenvalue weighted by Crippen LogP contribution is 2.33. The Kier molecular flexibility index (Phi) is 4.67. The van der Waals surface area contributed by atoms with E-state index in [1.807, 2.05) is 29.8 Å². The molecule has 0 amide bonds. The molecule has 4 aromatic rings. The number of esters is 1. The number of fused-ring (bicyclic) bond motifs is 2. The first-order valence-corrected chi connectivity index (χ1v) is 9.54. The van der Waals surface area contributed by atoms with Gasteiger partial charge >= 0.3 is 5.97 Å². The zero-order valence-electron chi connectivity index (χ0n) is 14.7. The van der Waals surface area contributed by atoms with Crippen LogP contribution in [0.2, 0.25) is 5.02 Å². The highest BCUT2D eigenvalue weighted by molar-refractivity contribution is 7.20. The third-order valence-corrected chi connectivity index (χ3v) is 5.49. The van der Waals surface area contributed by atoms with Gasteiger partial charge in [0.25, 0.3) is 0 Å². The number of imidazole rings is 1. The summed E-state index contributed by atoms with van der Waals surface area (Å²) in [6.07, 6.45) is 5.21. The molecule has 138 valence electrons. The maximum Gasteiger partial charge on any atom is 0.348 e. The third-order valence-electron chi connectivity index (χ3n) is 4.09. The van der Waals surface area contributed by atoms with Crippen LogP contribution in [0.25, 0.3) is 15.9 Å². The van der Waals surface area contributed by atoms with E-state index in [0.717, 1.165) is 27.1 Å². The van der Waals surface area contributed by atoms with Gasteiger partial charge < -0.3 is 14.5 Å². The molecule has 27 heavy (non-hydrogen) atoms. The Morgan fingerprint density at radius 2 is 2.19 bits per heavy atom. The molecule has 0 atom stereocenters. The molecule has 4 aromatic heterocycles. The van der Waals surface area contributed by atoms with Gasteiger partial charge in [-0.15, -0.1) is 11.3 Å². The lowest BCUT2D eigenvalue weighted by atomic mass is 10.2. The number of carbonyl (C=O) groups is 1. The van der Waals surface area contributed by atoms with Crippen molar-refractivity contribution in [2.45, 2.75) is 20.4 Å². The summed E-state index contributed by atoms with van der Waals surface area (Å²) in [4.78, 5) is 26.6. The number of hydrogen-bond acceptors (Lipinski definition) is 7. The zero-order valence-corrected chi connectivity index (χ0v) is 16.3. The first-order valence-electron chi connectivity index (χ1n) is 8.35. The van der Waals surface area contributed by atoms with Crippen molar-refractivity contribution in [2.24, 2.45) is 0 Å². The molecule has 0 fully saturated rings. The van der Waals surface area contributed by atoms with Crippen LogP contribution in [0.15, 0.2) is 30.9 Å². The lowest BCUT2D eigenvalue weighted by Crippen LogP contribution is -2.04. The summed E-state index contributed by atoms with van der Waals surface area (Å²) in [5, 5.41) is 4.78. The van der Waals surface area contributed by atoms with Gasteiger partial charge in [0, 0.05) is 12.4 Å². The van der Waals surface area contributed by atoms with E-state index in [9.17, 15) is 4.79 Å². The maximum atomic E-state index is 12.1. The van der Waals surface area contributed by atoms with Gasteiger partial charge in [-0.1, -0.05) is 11.6 Å². The summed E-state index contributed by atoms with van der Waals surface area (Å²) in [5.41, 5.74) is 2.49. The summed E-state index contributed by atoms with van der Waals surface area (Å²) in [6, 6.07) is 3.67. The summed E-state index contributed by atoms with van der Waals surface area (Å²) in [6.45, 7) is 4.48. The number of anilines is 1. The number of aryl methyl sites for hydroxylation is 1. The molecule has 0 aliphatic rings. The van der Waals surface area contributed by atoms with Crippen LogP contribution in [-0.4, -0.2) is 31.9 Å². The quantitative estimate of drug-likeness (QED) is 0.507. The topological polar surface area (TPSA) is 81.4 Å². The van der Waals surface area contributed by atoms with E-state index in [2.05, 4.69) is 20.3 Å². The molecule has 7 nitrogen and oxygen atoms in total. The predicted molar refractivity (Wildman–Crippen MR) is 106 cm³/mol. The minimum absolute atomic E-state index is 0.332. The second-order valence-electron chi connectivity index (χ2n) is 5.88. The Morgan fingerprint density at radius 1 is 1.33 bits per heavy atom. The molecule has 0 bridgehead atoms. The van der Waals surface area contributed by atoms with Gasteiger partial charge in [0.1, 0.15) is 27.5 Å². The van der Waals surface area contributed by atoms with Crippen LogP contribution >= 0.6 is 22.9 Å². The summed E-state index contributed by atoms with van der Waals surface area (Å²) in [7, 11) is 0. The number of nitrogens with zero attached hydrogens (tertiary/aromatic N) is 4. The minimum atomic E-state index is -0.332. The smallest absolute Gasteiger partial charge is 0.348 e. The molecule has 0 unspecified atom stereocenters. The van der Waals surface area contributed by atoms with Crippen LogP contribution in [0, 0.1) is 6.92 Å². The van der Waals surface area contributed by atoms with Crippen LogP contribution in [-0.2, 0) is 11.3 Å². The number of carbonyl (C=O) groups excluding carboxylic acids is 1. The highest BCUT2D eigenvalue weighted by atomic mass is 35.5. The number of hydrogen-bond donors (Lipinski definition) is 1. The molecule has 0 aliphatic heterocycles. The van der Waals surface area contributed by atoms with Crippen molar-refractivity contribution in [3.8, 4) is 0 Å². The maximum absolute atomic E-state index is 12.1. The van der Waals surface area contributed by atoms with Crippen LogP contribution in [0.5, 0.6) is 0 Å². The standard InChI is InChI=1S/C18H16ClN5O2S/c1-3-26-18(25)15-10(2)14-16(21-9-22-17(14)27-15)20-6-12-8-24-7-11(19)4-5-13(24)23-12/h4-5,7-9H,3,6H2,1-2H3,(H,20,21,22). The van der Waals surface area contributed by atoms with Gasteiger partial charge in [-0.2, -0.15) is 0 Å². The first-order chi connectivity index (χ1) is 13.1. The van der Waals surface area contributed by atoms with Gasteiger partial charge in [-0.3, -0.25) is 0 Å². The molecular formula is C18H16ClN5O2S. The molecule has 0 aliphatic carbocycles. The Labute approximate surface area is 164 Å². The number of nitrogens with one attached hydrogen (secondary N) is 1. The average molecular weight is 402 g/mol. The van der Waals surface area contributed by atoms with E-state index in [-0.39, 0.29) is 5.97 Å². The Bertz CT molecular complexity index is 1150. The van der Waals surface area contributed by atoms with Crippen molar-refractivity contribution in [1.82, 2.24) is 19.4 Å². The van der Waals surface area contributed by atoms with Gasteiger partial charge in [-0.25, -0.2) is 19.7 Å². The molecular weight excluding hydrogens is 386 g/mol. The molecule has 0 spiro atoms. The van der Waals surface area contributed by atoms with Crippen molar-refractivity contribution in [3.05, 3.63) is 52.0 Å². The molecule has 4 rings (SSSR count). The molecule has 0 saturated heterocycles. The fourth-order valence-corrected chi connectivity index (χ4v) is 4.08. The molecule has 0 radical (unpaired) electrons. The Hall–Kier alpha value is -2.71. The number of thiophene rings is 1. The van der Waals surface area contributed by atoms with Crippen molar-refractivity contribution in [2.75, 3.05) is 11.9 Å². The second kappa shape index (κ2) is 7.13. The van der Waals surface area contributed by atoms with Crippen molar-refractivity contribution >= 4 is 50.6 Å². The monoisotopic (exact) mass is 401 g/mol. The zero-order chi connectivity index (χ0) is 19.0. The molecule has 1 N–H and O–H groups in total. The van der Waals surface area contributed by atoms with Crippen molar-refractivity contribution < 1.29 is 9.53 Å². The van der Waals surface area contributed by atoms with Crippen molar-refractivity contribution in [3.63, 3.8) is 0 Å². The van der Waals surface area contributed by atoms with Crippen LogP contribution in [0.1, 0.15) is 27.9 Å². The second-order valence-corrected chi connectivity index (χ2v) is 7.31. The van der Waals surface area contributed by atoms with Gasteiger partial charge in [0.05, 0.1) is 29.3 Å². The molecule has 0 aromatic carbocycles. The number of halogens is 1. The minimum Gasteiger partial charge on any atom is -0.462 e. The number of ether oxygens (including phenoxy) is 1. The lowest BCUT2D eigenvalue weighted by Gasteiger charge is -2.05. The number of pyridine rings is 1. The number of rotatable bonds is 5. The van der Waals surface area contributed by atoms with Crippen LogP contribution in [0.3, 0.4) is 0 Å². The molecule has 0 saturated carbocycles. The van der Waals surface area contributed by atoms with E-state index >= 15 is 0 Å². The number of aromatic nitrogens is 4. The lowest BCUT2D eigenvalue weighted by molar-refractivity contribution is 0.0531. The SMILES string of the molecule is CCOC(=O)c1sc2ncnc(NCc3cn4cc(Cl)ccc4n3)c2c1C. The molecule has 4 heterocycles. The highest BCUT2D eigenvalue weighted by Gasteiger charge is 2.20. The summed E-state index contributed by atoms with van der Waals surface area (Å²) in [5.74, 6) is 0.334. The summed E-state index contributed by atoms with van der Waals surface area (Å²) < 4.78 is 7.01. The van der Waals surface area contributed by atoms with Gasteiger partial charge in [0.2, 0.25) is 0 Å². The normalized spacial score (nSPS) is 11.2. The van der Waals surface area contributed by atoms with E-state index in [1.54, 1.807) is 13.0 Å². The van der Waals surface area contributed by atoms with Gasteiger partial charge in [0.15, 0.2) is 0 Å². The van der Waals surface area contributed by atoms with Crippen LogP contribution in [0.4, 0.5) is 5.82 Å². The largest absolute Gasteiger partial charge is 0.462 e. The van der Waals surface area contributed by atoms with Gasteiger partial charge in [-0.05, 0) is 31.5 Å².